The van der Waals surface area contributed by atoms with Crippen molar-refractivity contribution in [3.05, 3.63) is 0 Å². The molecule has 0 aromatic carbocycles. The molecule has 2 nitrogen and oxygen atoms in total. The van der Waals surface area contributed by atoms with Crippen LogP contribution >= 0.6 is 0 Å². The van der Waals surface area contributed by atoms with E-state index in [0.717, 1.165) is 12.6 Å². The van der Waals surface area contributed by atoms with E-state index >= 15 is 0 Å². The number of methoxy groups -OCH3 is 1. The standard InChI is InChI=1S/C8H15NO.2C2H6/c1-6-3-8(5-10-2)4-7(8)9-6;2*1-2/h6-7,9H,3-5H2,1-2H3;2*1-2H3/t6-,7?,8?;;/m1../s1. The number of rotatable bonds is 2. The van der Waals surface area contributed by atoms with Gasteiger partial charge in [0, 0.05) is 24.6 Å². The molecule has 86 valence electrons. The molecule has 14 heavy (non-hydrogen) atoms. The van der Waals surface area contributed by atoms with E-state index in [1.807, 2.05) is 27.7 Å². The number of fused-ring (bicyclic) bond motifs is 1. The molecule has 2 heteroatoms. The summed E-state index contributed by atoms with van der Waals surface area (Å²) < 4.78 is 5.18. The summed E-state index contributed by atoms with van der Waals surface area (Å²) in [5.41, 5.74) is 0.550. The molecular weight excluding hydrogens is 174 g/mol. The summed E-state index contributed by atoms with van der Waals surface area (Å²) in [5, 5.41) is 3.54. The van der Waals surface area contributed by atoms with Crippen LogP contribution in [-0.4, -0.2) is 25.8 Å². The summed E-state index contributed by atoms with van der Waals surface area (Å²) >= 11 is 0. The SMILES string of the molecule is CC.CC.COCC12CC1N[C@H](C)C2. The van der Waals surface area contributed by atoms with Crippen molar-refractivity contribution < 1.29 is 4.74 Å². The van der Waals surface area contributed by atoms with Crippen molar-refractivity contribution >= 4 is 0 Å². The van der Waals surface area contributed by atoms with Crippen LogP contribution in [0.2, 0.25) is 0 Å². The summed E-state index contributed by atoms with van der Waals surface area (Å²) in [6.07, 6.45) is 2.65. The van der Waals surface area contributed by atoms with Gasteiger partial charge in [0.1, 0.15) is 0 Å². The number of nitrogens with one attached hydrogen (secondary N) is 1. The predicted molar refractivity (Wildman–Crippen MR) is 62.6 cm³/mol. The van der Waals surface area contributed by atoms with E-state index in [4.69, 9.17) is 4.74 Å². The normalized spacial score (nSPS) is 37.3. The van der Waals surface area contributed by atoms with Crippen molar-refractivity contribution in [3.63, 3.8) is 0 Å². The first kappa shape index (κ1) is 13.9. The highest BCUT2D eigenvalue weighted by atomic mass is 16.5. The summed E-state index contributed by atoms with van der Waals surface area (Å²) in [6, 6.07) is 1.50. The van der Waals surface area contributed by atoms with Crippen LogP contribution in [0.25, 0.3) is 0 Å². The summed E-state index contributed by atoms with van der Waals surface area (Å²) in [6.45, 7) is 11.2. The lowest BCUT2D eigenvalue weighted by Gasteiger charge is -2.10. The topological polar surface area (TPSA) is 21.3 Å². The fourth-order valence-corrected chi connectivity index (χ4v) is 2.33. The fraction of sp³-hybridized carbons (Fsp3) is 1.00. The quantitative estimate of drug-likeness (QED) is 0.742. The Bertz CT molecular complexity index is 149. The van der Waals surface area contributed by atoms with Gasteiger partial charge in [0.15, 0.2) is 0 Å². The molecule has 2 fully saturated rings. The molecule has 1 N–H and O–H groups in total. The molecule has 1 heterocycles. The van der Waals surface area contributed by atoms with Gasteiger partial charge >= 0.3 is 0 Å². The van der Waals surface area contributed by atoms with Crippen molar-refractivity contribution in [1.29, 1.82) is 0 Å². The molecule has 0 bridgehead atoms. The lowest BCUT2D eigenvalue weighted by atomic mass is 10.0. The van der Waals surface area contributed by atoms with Crippen LogP contribution in [-0.2, 0) is 4.74 Å². The minimum atomic E-state index is 0.550. The van der Waals surface area contributed by atoms with E-state index in [-0.39, 0.29) is 0 Å². The Kier molecular flexibility index (Phi) is 6.38. The molecule has 0 radical (unpaired) electrons. The average molecular weight is 201 g/mol. The molecule has 1 aliphatic carbocycles. The van der Waals surface area contributed by atoms with Crippen LogP contribution in [0.15, 0.2) is 0 Å². The van der Waals surface area contributed by atoms with Gasteiger partial charge in [-0.3, -0.25) is 0 Å². The summed E-state index contributed by atoms with van der Waals surface area (Å²) in [7, 11) is 1.80. The third kappa shape index (κ3) is 2.96. The van der Waals surface area contributed by atoms with Gasteiger partial charge in [0.25, 0.3) is 0 Å². The van der Waals surface area contributed by atoms with Crippen molar-refractivity contribution in [2.45, 2.75) is 59.5 Å². The smallest absolute Gasteiger partial charge is 0.0534 e. The van der Waals surface area contributed by atoms with Gasteiger partial charge in [-0.2, -0.15) is 0 Å². The van der Waals surface area contributed by atoms with E-state index in [2.05, 4.69) is 12.2 Å². The Labute approximate surface area is 89.4 Å². The number of piperidine rings is 1. The van der Waals surface area contributed by atoms with Gasteiger partial charge in [-0.05, 0) is 19.8 Å². The van der Waals surface area contributed by atoms with Gasteiger partial charge in [-0.25, -0.2) is 0 Å². The largest absolute Gasteiger partial charge is 0.384 e. The van der Waals surface area contributed by atoms with Crippen LogP contribution < -0.4 is 5.32 Å². The minimum absolute atomic E-state index is 0.550. The second-order valence-corrected chi connectivity index (χ2v) is 3.82. The Morgan fingerprint density at radius 2 is 1.79 bits per heavy atom. The molecule has 0 aromatic heterocycles. The molecule has 2 rings (SSSR count). The van der Waals surface area contributed by atoms with Crippen molar-refractivity contribution in [3.8, 4) is 0 Å². The fourth-order valence-electron chi connectivity index (χ4n) is 2.33. The van der Waals surface area contributed by atoms with Gasteiger partial charge < -0.3 is 10.1 Å². The first-order valence-electron chi connectivity index (χ1n) is 6.02. The Hall–Kier alpha value is -0.0800. The molecule has 0 amide bonds. The molecule has 1 aliphatic heterocycles. The molecule has 1 saturated carbocycles. The Morgan fingerprint density at radius 1 is 1.21 bits per heavy atom. The number of hydrogen-bond acceptors (Lipinski definition) is 2. The van der Waals surface area contributed by atoms with Gasteiger partial charge in [0.05, 0.1) is 6.61 Å². The van der Waals surface area contributed by atoms with Crippen molar-refractivity contribution in [1.82, 2.24) is 5.32 Å². The summed E-state index contributed by atoms with van der Waals surface area (Å²) in [4.78, 5) is 0. The van der Waals surface area contributed by atoms with Crippen LogP contribution in [0.3, 0.4) is 0 Å². The molecule has 2 unspecified atom stereocenters. The van der Waals surface area contributed by atoms with Crippen LogP contribution in [0.5, 0.6) is 0 Å². The van der Waals surface area contributed by atoms with Crippen LogP contribution in [0.1, 0.15) is 47.5 Å². The molecule has 3 atom stereocenters. The Balaban J connectivity index is 0.000000379. The molecule has 1 saturated heterocycles. The summed E-state index contributed by atoms with van der Waals surface area (Å²) in [5.74, 6) is 0. The maximum Gasteiger partial charge on any atom is 0.0534 e. The van der Waals surface area contributed by atoms with Gasteiger partial charge in [-0.15, -0.1) is 0 Å². The average Bonchev–Trinajstić information content (AvgIpc) is 2.76. The molecular formula is C12H27NO. The number of hydrogen-bond donors (Lipinski definition) is 1. The van der Waals surface area contributed by atoms with Crippen LogP contribution in [0, 0.1) is 5.41 Å². The van der Waals surface area contributed by atoms with E-state index < -0.39 is 0 Å². The maximum absolute atomic E-state index is 5.18. The zero-order chi connectivity index (χ0) is 11.2. The second kappa shape index (κ2) is 6.41. The van der Waals surface area contributed by atoms with Crippen LogP contribution in [0.4, 0.5) is 0 Å². The van der Waals surface area contributed by atoms with E-state index in [1.54, 1.807) is 7.11 Å². The highest BCUT2D eigenvalue weighted by molar-refractivity contribution is 5.14. The monoisotopic (exact) mass is 201 g/mol. The lowest BCUT2D eigenvalue weighted by Crippen LogP contribution is -2.21. The molecule has 0 spiro atoms. The first-order valence-corrected chi connectivity index (χ1v) is 6.02. The van der Waals surface area contributed by atoms with Gasteiger partial charge in [0.2, 0.25) is 0 Å². The zero-order valence-corrected chi connectivity index (χ0v) is 10.7. The minimum Gasteiger partial charge on any atom is -0.384 e. The first-order chi connectivity index (χ1) is 6.77. The lowest BCUT2D eigenvalue weighted by molar-refractivity contribution is 0.140. The molecule has 2 aliphatic rings. The van der Waals surface area contributed by atoms with Gasteiger partial charge in [-0.1, -0.05) is 27.7 Å². The van der Waals surface area contributed by atoms with Crippen molar-refractivity contribution in [2.24, 2.45) is 5.41 Å². The molecule has 0 aromatic rings. The number of ether oxygens (including phenoxy) is 1. The highest BCUT2D eigenvalue weighted by Crippen LogP contribution is 2.54. The second-order valence-electron chi connectivity index (χ2n) is 3.82. The Morgan fingerprint density at radius 3 is 2.14 bits per heavy atom. The van der Waals surface area contributed by atoms with E-state index in [9.17, 15) is 0 Å². The highest BCUT2D eigenvalue weighted by Gasteiger charge is 2.59. The van der Waals surface area contributed by atoms with E-state index in [1.165, 1.54) is 12.8 Å². The third-order valence-electron chi connectivity index (χ3n) is 2.82. The maximum atomic E-state index is 5.18. The third-order valence-corrected chi connectivity index (χ3v) is 2.82. The predicted octanol–water partition coefficient (Wildman–Crippen LogP) is 2.83. The van der Waals surface area contributed by atoms with E-state index in [0.29, 0.717) is 11.5 Å². The van der Waals surface area contributed by atoms with Crippen molar-refractivity contribution in [2.75, 3.05) is 13.7 Å². The zero-order valence-electron chi connectivity index (χ0n) is 10.7.